The van der Waals surface area contributed by atoms with Crippen LogP contribution in [0, 0.1) is 6.92 Å². The number of sulfonamides is 1. The molecular formula is C13H15N5O4S2. The van der Waals surface area contributed by atoms with Gasteiger partial charge >= 0.3 is 5.76 Å². The first kappa shape index (κ1) is 16.7. The number of nitrogens with one attached hydrogen (secondary N) is 2. The second-order valence-corrected chi connectivity index (χ2v) is 7.84. The Morgan fingerprint density at radius 2 is 2.21 bits per heavy atom. The molecule has 1 aromatic carbocycles. The van der Waals surface area contributed by atoms with Crippen molar-refractivity contribution in [1.29, 1.82) is 0 Å². The van der Waals surface area contributed by atoms with Gasteiger partial charge in [0.15, 0.2) is 5.58 Å². The maximum Gasteiger partial charge on any atom is 0.419 e. The van der Waals surface area contributed by atoms with Gasteiger partial charge in [-0.3, -0.25) is 9.67 Å². The van der Waals surface area contributed by atoms with Crippen LogP contribution in [0.3, 0.4) is 0 Å². The molecule has 128 valence electrons. The van der Waals surface area contributed by atoms with Gasteiger partial charge in [0.05, 0.1) is 10.4 Å². The first-order valence-corrected chi connectivity index (χ1v) is 9.45. The molecule has 9 nitrogen and oxygen atoms in total. The maximum atomic E-state index is 12.3. The molecule has 3 rings (SSSR count). The molecule has 0 radical (unpaired) electrons. The van der Waals surface area contributed by atoms with Crippen LogP contribution in [0.2, 0.25) is 0 Å². The summed E-state index contributed by atoms with van der Waals surface area (Å²) in [5.74, 6) is 0.653. The Labute approximate surface area is 141 Å². The fourth-order valence-corrected chi connectivity index (χ4v) is 3.94. The zero-order valence-electron chi connectivity index (χ0n) is 12.9. The van der Waals surface area contributed by atoms with Crippen molar-refractivity contribution in [2.75, 3.05) is 12.3 Å². The fourth-order valence-electron chi connectivity index (χ4n) is 2.07. The molecule has 2 heterocycles. The lowest BCUT2D eigenvalue weighted by Crippen LogP contribution is -2.26. The van der Waals surface area contributed by atoms with Gasteiger partial charge in [-0.15, -0.1) is 5.10 Å². The number of oxazole rings is 1. The van der Waals surface area contributed by atoms with E-state index in [2.05, 4.69) is 19.9 Å². The van der Waals surface area contributed by atoms with E-state index in [0.29, 0.717) is 22.3 Å². The van der Waals surface area contributed by atoms with Crippen molar-refractivity contribution in [2.24, 2.45) is 7.05 Å². The molecule has 0 spiro atoms. The molecule has 0 aliphatic heterocycles. The van der Waals surface area contributed by atoms with Crippen LogP contribution < -0.4 is 10.5 Å². The summed E-state index contributed by atoms with van der Waals surface area (Å²) in [6.07, 6.45) is 0. The lowest BCUT2D eigenvalue weighted by Gasteiger charge is -2.06. The second-order valence-electron chi connectivity index (χ2n) is 5.01. The van der Waals surface area contributed by atoms with E-state index in [1.54, 1.807) is 20.0 Å². The monoisotopic (exact) mass is 369 g/mol. The number of benzene rings is 1. The van der Waals surface area contributed by atoms with E-state index in [0.717, 1.165) is 0 Å². The highest BCUT2D eigenvalue weighted by molar-refractivity contribution is 7.99. The summed E-state index contributed by atoms with van der Waals surface area (Å²) in [5.41, 5.74) is 0.769. The number of thioether (sulfide) groups is 1. The van der Waals surface area contributed by atoms with E-state index < -0.39 is 15.8 Å². The zero-order valence-corrected chi connectivity index (χ0v) is 14.6. The number of H-pyrrole nitrogens is 1. The standard InChI is InChI=1S/C13H15N5O4S2/c1-8-15-12(17-16-8)23-6-5-14-24(20,21)9-3-4-10-11(7-9)22-13(19)18(10)2/h3-4,7,14H,5-6H2,1-2H3,(H,15,16,17). The smallest absolute Gasteiger partial charge is 0.408 e. The Bertz CT molecular complexity index is 1030. The molecule has 24 heavy (non-hydrogen) atoms. The number of nitrogens with zero attached hydrogens (tertiary/aromatic N) is 3. The number of aryl methyl sites for hydroxylation is 2. The Kier molecular flexibility index (Phi) is 4.47. The van der Waals surface area contributed by atoms with Gasteiger partial charge in [-0.05, 0) is 19.1 Å². The van der Waals surface area contributed by atoms with Crippen molar-refractivity contribution in [3.8, 4) is 0 Å². The van der Waals surface area contributed by atoms with Crippen LogP contribution >= 0.6 is 11.8 Å². The molecular weight excluding hydrogens is 354 g/mol. The minimum Gasteiger partial charge on any atom is -0.408 e. The van der Waals surface area contributed by atoms with Crippen molar-refractivity contribution in [1.82, 2.24) is 24.5 Å². The summed E-state index contributed by atoms with van der Waals surface area (Å²) < 4.78 is 33.4. The van der Waals surface area contributed by atoms with Gasteiger partial charge in [-0.2, -0.15) is 0 Å². The van der Waals surface area contributed by atoms with Crippen LogP contribution in [0.1, 0.15) is 5.82 Å². The third kappa shape index (κ3) is 3.37. The van der Waals surface area contributed by atoms with Crippen LogP contribution in [-0.2, 0) is 17.1 Å². The Hall–Kier alpha value is -2.11. The van der Waals surface area contributed by atoms with Gasteiger partial charge in [0.25, 0.3) is 0 Å². The van der Waals surface area contributed by atoms with E-state index in [9.17, 15) is 13.2 Å². The second kappa shape index (κ2) is 6.42. The van der Waals surface area contributed by atoms with Crippen LogP contribution in [-0.4, -0.2) is 40.5 Å². The fraction of sp³-hybridized carbons (Fsp3) is 0.308. The van der Waals surface area contributed by atoms with Gasteiger partial charge in [0.2, 0.25) is 15.2 Å². The van der Waals surface area contributed by atoms with Crippen LogP contribution in [0.4, 0.5) is 0 Å². The topological polar surface area (TPSA) is 123 Å². The number of hydrogen-bond donors (Lipinski definition) is 2. The van der Waals surface area contributed by atoms with E-state index in [-0.39, 0.29) is 17.0 Å². The molecule has 0 saturated heterocycles. The van der Waals surface area contributed by atoms with Crippen LogP contribution in [0.25, 0.3) is 11.1 Å². The van der Waals surface area contributed by atoms with Gasteiger partial charge in [-0.25, -0.2) is 22.9 Å². The quantitative estimate of drug-likeness (QED) is 0.482. The van der Waals surface area contributed by atoms with Gasteiger partial charge in [0.1, 0.15) is 5.82 Å². The van der Waals surface area contributed by atoms with Crippen molar-refractivity contribution in [2.45, 2.75) is 17.0 Å². The molecule has 0 bridgehead atoms. The molecule has 2 aromatic heterocycles. The minimum absolute atomic E-state index is 0.0445. The summed E-state index contributed by atoms with van der Waals surface area (Å²) in [5, 5.41) is 7.24. The van der Waals surface area contributed by atoms with Gasteiger partial charge < -0.3 is 4.42 Å². The summed E-state index contributed by atoms with van der Waals surface area (Å²) >= 11 is 1.34. The number of fused-ring (bicyclic) bond motifs is 1. The van der Waals surface area contributed by atoms with Crippen molar-refractivity contribution in [3.63, 3.8) is 0 Å². The van der Waals surface area contributed by atoms with Crippen LogP contribution in [0.5, 0.6) is 0 Å². The van der Waals surface area contributed by atoms with E-state index in [1.165, 1.54) is 28.5 Å². The predicted molar refractivity (Wildman–Crippen MR) is 88.5 cm³/mol. The Balaban J connectivity index is 1.67. The van der Waals surface area contributed by atoms with E-state index in [4.69, 9.17) is 4.42 Å². The lowest BCUT2D eigenvalue weighted by molar-refractivity contribution is 0.527. The van der Waals surface area contributed by atoms with Crippen molar-refractivity contribution < 1.29 is 12.8 Å². The molecule has 2 N–H and O–H groups in total. The summed E-state index contributed by atoms with van der Waals surface area (Å²) in [4.78, 5) is 15.6. The average Bonchev–Trinajstić information content (AvgIpc) is 3.07. The number of rotatable bonds is 6. The normalized spacial score (nSPS) is 12.1. The number of aromatic amines is 1. The maximum absolute atomic E-state index is 12.3. The van der Waals surface area contributed by atoms with Crippen molar-refractivity contribution >= 4 is 32.9 Å². The summed E-state index contributed by atoms with van der Waals surface area (Å²) in [7, 11) is -2.13. The third-order valence-corrected chi connectivity index (χ3v) is 5.58. The van der Waals surface area contributed by atoms with Gasteiger partial charge in [-0.1, -0.05) is 11.8 Å². The SMILES string of the molecule is Cc1nc(SCCNS(=O)(=O)c2ccc3c(c2)oc(=O)n3C)n[nH]1. The lowest BCUT2D eigenvalue weighted by atomic mass is 10.3. The minimum atomic E-state index is -3.69. The van der Waals surface area contributed by atoms with Crippen molar-refractivity contribution in [3.05, 3.63) is 34.6 Å². The first-order chi connectivity index (χ1) is 11.4. The number of hydrogen-bond acceptors (Lipinski definition) is 7. The molecule has 0 saturated carbocycles. The number of aromatic nitrogens is 4. The highest BCUT2D eigenvalue weighted by atomic mass is 32.2. The summed E-state index contributed by atoms with van der Waals surface area (Å²) in [6.45, 7) is 2.01. The molecule has 0 atom stereocenters. The summed E-state index contributed by atoms with van der Waals surface area (Å²) in [6, 6.07) is 4.32. The molecule has 3 aromatic rings. The molecule has 0 fully saturated rings. The van der Waals surface area contributed by atoms with E-state index in [1.807, 2.05) is 0 Å². The highest BCUT2D eigenvalue weighted by Gasteiger charge is 2.16. The highest BCUT2D eigenvalue weighted by Crippen LogP contribution is 2.18. The largest absolute Gasteiger partial charge is 0.419 e. The predicted octanol–water partition coefficient (Wildman–Crippen LogP) is 0.629. The molecule has 0 aliphatic rings. The first-order valence-electron chi connectivity index (χ1n) is 6.98. The molecule has 0 amide bonds. The Morgan fingerprint density at radius 3 is 2.92 bits per heavy atom. The molecule has 11 heteroatoms. The van der Waals surface area contributed by atoms with E-state index >= 15 is 0 Å². The Morgan fingerprint density at radius 1 is 1.42 bits per heavy atom. The van der Waals surface area contributed by atoms with Gasteiger partial charge in [0, 0.05) is 25.4 Å². The third-order valence-electron chi connectivity index (χ3n) is 3.28. The molecule has 0 aliphatic carbocycles. The van der Waals surface area contributed by atoms with Crippen LogP contribution in [0.15, 0.2) is 37.5 Å². The average molecular weight is 369 g/mol. The zero-order chi connectivity index (χ0) is 17.3. The molecule has 0 unspecified atom stereocenters.